The predicted molar refractivity (Wildman–Crippen MR) is 68.4 cm³/mol. The number of aliphatic carboxylic acids is 1. The van der Waals surface area contributed by atoms with Crippen molar-refractivity contribution in [3.63, 3.8) is 0 Å². The number of nitrogens with one attached hydrogen (secondary N) is 2. The van der Waals surface area contributed by atoms with Gasteiger partial charge in [-0.25, -0.2) is 4.98 Å². The molecule has 0 aromatic carbocycles. The van der Waals surface area contributed by atoms with Gasteiger partial charge in [0, 0.05) is 24.9 Å². The Morgan fingerprint density at radius 2 is 2.11 bits per heavy atom. The number of hydrogen-bond acceptors (Lipinski definition) is 3. The van der Waals surface area contributed by atoms with Crippen LogP contribution in [0.15, 0.2) is 12.5 Å². The third kappa shape index (κ3) is 3.56. The maximum atomic E-state index is 12.0. The molecule has 6 nitrogen and oxygen atoms in total. The molecule has 2 atom stereocenters. The molecule has 2 rings (SSSR count). The van der Waals surface area contributed by atoms with Crippen molar-refractivity contribution in [2.45, 2.75) is 32.1 Å². The number of amides is 1. The molecular weight excluding hydrogens is 246 g/mol. The van der Waals surface area contributed by atoms with Crippen LogP contribution in [0.25, 0.3) is 0 Å². The number of nitrogens with zero attached hydrogens (tertiary/aromatic N) is 1. The molecule has 1 saturated carbocycles. The van der Waals surface area contributed by atoms with Gasteiger partial charge in [-0.15, -0.1) is 0 Å². The summed E-state index contributed by atoms with van der Waals surface area (Å²) in [7, 11) is 0. The fraction of sp³-hybridized carbons (Fsp3) is 0.615. The second kappa shape index (κ2) is 6.36. The molecule has 19 heavy (non-hydrogen) atoms. The van der Waals surface area contributed by atoms with Gasteiger partial charge in [-0.1, -0.05) is 12.8 Å². The number of imidazole rings is 1. The molecule has 1 heterocycles. The molecule has 0 bridgehead atoms. The summed E-state index contributed by atoms with van der Waals surface area (Å²) in [4.78, 5) is 30.0. The summed E-state index contributed by atoms with van der Waals surface area (Å²) in [5, 5.41) is 12.0. The minimum atomic E-state index is -0.853. The molecule has 1 aromatic heterocycles. The maximum Gasteiger partial charge on any atom is 0.307 e. The molecule has 0 radical (unpaired) electrons. The quantitative estimate of drug-likeness (QED) is 0.739. The highest BCUT2D eigenvalue weighted by atomic mass is 16.4. The molecule has 1 aliphatic carbocycles. The third-order valence-electron chi connectivity index (χ3n) is 3.67. The van der Waals surface area contributed by atoms with E-state index in [0.717, 1.165) is 18.5 Å². The van der Waals surface area contributed by atoms with Crippen molar-refractivity contribution >= 4 is 11.9 Å². The predicted octanol–water partition coefficient (Wildman–Crippen LogP) is 0.959. The van der Waals surface area contributed by atoms with E-state index in [0.29, 0.717) is 25.8 Å². The van der Waals surface area contributed by atoms with Gasteiger partial charge in [0.25, 0.3) is 0 Å². The molecule has 6 heteroatoms. The van der Waals surface area contributed by atoms with Crippen LogP contribution in [0.1, 0.15) is 31.4 Å². The number of aromatic nitrogens is 2. The van der Waals surface area contributed by atoms with Gasteiger partial charge in [-0.3, -0.25) is 9.59 Å². The van der Waals surface area contributed by atoms with Crippen LogP contribution in [0.3, 0.4) is 0 Å². The zero-order chi connectivity index (χ0) is 13.7. The number of carboxylic acids is 1. The lowest BCUT2D eigenvalue weighted by Gasteiger charge is -2.27. The Morgan fingerprint density at radius 1 is 1.37 bits per heavy atom. The lowest BCUT2D eigenvalue weighted by molar-refractivity contribution is -0.148. The number of carbonyl (C=O) groups is 2. The number of H-pyrrole nitrogens is 1. The second-order valence-corrected chi connectivity index (χ2v) is 4.95. The normalized spacial score (nSPS) is 22.9. The van der Waals surface area contributed by atoms with Gasteiger partial charge in [0.1, 0.15) is 0 Å². The van der Waals surface area contributed by atoms with Crippen molar-refractivity contribution in [2.24, 2.45) is 11.8 Å². The van der Waals surface area contributed by atoms with E-state index in [-0.39, 0.29) is 11.8 Å². The highest BCUT2D eigenvalue weighted by Crippen LogP contribution is 2.30. The number of rotatable bonds is 5. The largest absolute Gasteiger partial charge is 0.481 e. The van der Waals surface area contributed by atoms with Crippen LogP contribution in [0.5, 0.6) is 0 Å². The molecule has 3 N–H and O–H groups in total. The zero-order valence-electron chi connectivity index (χ0n) is 10.8. The summed E-state index contributed by atoms with van der Waals surface area (Å²) < 4.78 is 0. The summed E-state index contributed by atoms with van der Waals surface area (Å²) >= 11 is 0. The van der Waals surface area contributed by atoms with Crippen LogP contribution in [0.4, 0.5) is 0 Å². The monoisotopic (exact) mass is 265 g/mol. The smallest absolute Gasteiger partial charge is 0.307 e. The summed E-state index contributed by atoms with van der Waals surface area (Å²) in [6.07, 6.45) is 7.10. The highest BCUT2D eigenvalue weighted by Gasteiger charge is 2.35. The van der Waals surface area contributed by atoms with Gasteiger partial charge in [-0.05, 0) is 12.8 Å². The van der Waals surface area contributed by atoms with E-state index < -0.39 is 11.9 Å². The van der Waals surface area contributed by atoms with Gasteiger partial charge in [0.2, 0.25) is 5.91 Å². The minimum absolute atomic E-state index is 0.133. The molecule has 1 aliphatic rings. The molecule has 0 aliphatic heterocycles. The van der Waals surface area contributed by atoms with Crippen LogP contribution in [0, 0.1) is 11.8 Å². The molecule has 104 valence electrons. The van der Waals surface area contributed by atoms with Gasteiger partial charge in [0.05, 0.1) is 18.2 Å². The topological polar surface area (TPSA) is 95.1 Å². The lowest BCUT2D eigenvalue weighted by atomic mass is 9.78. The Bertz CT molecular complexity index is 430. The first kappa shape index (κ1) is 13.6. The maximum absolute atomic E-state index is 12.0. The van der Waals surface area contributed by atoms with Crippen LogP contribution in [0.2, 0.25) is 0 Å². The Hall–Kier alpha value is -1.85. The number of carbonyl (C=O) groups excluding carboxylic acids is 1. The van der Waals surface area contributed by atoms with Crippen molar-refractivity contribution in [3.05, 3.63) is 18.2 Å². The zero-order valence-corrected chi connectivity index (χ0v) is 10.8. The summed E-state index contributed by atoms with van der Waals surface area (Å²) in [6, 6.07) is 0. The van der Waals surface area contributed by atoms with E-state index in [1.54, 1.807) is 12.5 Å². The van der Waals surface area contributed by atoms with Gasteiger partial charge in [0.15, 0.2) is 0 Å². The van der Waals surface area contributed by atoms with E-state index in [1.807, 2.05) is 0 Å². The first-order chi connectivity index (χ1) is 9.18. The van der Waals surface area contributed by atoms with Crippen molar-refractivity contribution < 1.29 is 14.7 Å². The molecule has 0 unspecified atom stereocenters. The molecule has 0 spiro atoms. The molecule has 0 saturated heterocycles. The van der Waals surface area contributed by atoms with Crippen molar-refractivity contribution in [3.8, 4) is 0 Å². The molecule has 1 fully saturated rings. The number of carboxylic acid groups (broad SMARTS) is 1. The third-order valence-corrected chi connectivity index (χ3v) is 3.67. The fourth-order valence-corrected chi connectivity index (χ4v) is 2.61. The van der Waals surface area contributed by atoms with Crippen LogP contribution in [-0.4, -0.2) is 33.5 Å². The van der Waals surface area contributed by atoms with Crippen LogP contribution < -0.4 is 5.32 Å². The lowest BCUT2D eigenvalue weighted by Crippen LogP contribution is -2.40. The fourth-order valence-electron chi connectivity index (χ4n) is 2.61. The van der Waals surface area contributed by atoms with Crippen molar-refractivity contribution in [1.29, 1.82) is 0 Å². The SMILES string of the molecule is O=C(O)[C@H]1CCCC[C@H]1C(=O)NCCc1cnc[nH]1. The Balaban J connectivity index is 1.82. The highest BCUT2D eigenvalue weighted by molar-refractivity contribution is 5.84. The Morgan fingerprint density at radius 3 is 2.74 bits per heavy atom. The van der Waals surface area contributed by atoms with Crippen molar-refractivity contribution in [2.75, 3.05) is 6.54 Å². The van der Waals surface area contributed by atoms with E-state index in [2.05, 4.69) is 15.3 Å². The summed E-state index contributed by atoms with van der Waals surface area (Å²) in [6.45, 7) is 0.504. The van der Waals surface area contributed by atoms with Gasteiger partial charge in [-0.2, -0.15) is 0 Å². The van der Waals surface area contributed by atoms with Crippen LogP contribution >= 0.6 is 0 Å². The number of aromatic amines is 1. The van der Waals surface area contributed by atoms with Crippen molar-refractivity contribution in [1.82, 2.24) is 15.3 Å². The molecule has 1 amide bonds. The van der Waals surface area contributed by atoms with E-state index in [4.69, 9.17) is 5.11 Å². The number of hydrogen-bond donors (Lipinski definition) is 3. The van der Waals surface area contributed by atoms with E-state index in [1.165, 1.54) is 0 Å². The molecule has 1 aromatic rings. The summed E-state index contributed by atoms with van der Waals surface area (Å²) in [5.41, 5.74) is 0.957. The minimum Gasteiger partial charge on any atom is -0.481 e. The second-order valence-electron chi connectivity index (χ2n) is 4.95. The van der Waals surface area contributed by atoms with E-state index in [9.17, 15) is 9.59 Å². The Kier molecular flexibility index (Phi) is 4.54. The Labute approximate surface area is 111 Å². The first-order valence-corrected chi connectivity index (χ1v) is 6.66. The van der Waals surface area contributed by atoms with Gasteiger partial charge < -0.3 is 15.4 Å². The average molecular weight is 265 g/mol. The van der Waals surface area contributed by atoms with E-state index >= 15 is 0 Å². The standard InChI is InChI=1S/C13H19N3O3/c17-12(15-6-5-9-7-14-8-16-9)10-3-1-2-4-11(10)13(18)19/h7-8,10-11H,1-6H2,(H,14,16)(H,15,17)(H,18,19)/t10-,11+/m1/s1. The first-order valence-electron chi connectivity index (χ1n) is 6.66. The molecular formula is C13H19N3O3. The van der Waals surface area contributed by atoms with Gasteiger partial charge >= 0.3 is 5.97 Å². The van der Waals surface area contributed by atoms with Crippen LogP contribution in [-0.2, 0) is 16.0 Å². The summed E-state index contributed by atoms with van der Waals surface area (Å²) in [5.74, 6) is -1.89. The average Bonchev–Trinajstić information content (AvgIpc) is 2.91.